The molecule has 0 unspecified atom stereocenters. The third-order valence-electron chi connectivity index (χ3n) is 17.1. The summed E-state index contributed by atoms with van der Waals surface area (Å²) in [5.74, 6) is -41.8. The van der Waals surface area contributed by atoms with E-state index in [0.717, 1.165) is 12.1 Å². The largest absolute Gasteiger partial charge is 0.525 e. The molecule has 0 heterocycles. The van der Waals surface area contributed by atoms with E-state index in [1.807, 2.05) is 0 Å². The molecule has 0 atom stereocenters. The Morgan fingerprint density at radius 3 is 0.733 bits per heavy atom. The zero-order chi connectivity index (χ0) is 87.7. The first-order valence-corrected chi connectivity index (χ1v) is 34.7. The first-order valence-electron chi connectivity index (χ1n) is 29.2. The van der Waals surface area contributed by atoms with Gasteiger partial charge in [-0.3, -0.25) is 0 Å². The maximum atomic E-state index is 16.2. The minimum atomic E-state index is -11.4. The first kappa shape index (κ1) is 86.8. The van der Waals surface area contributed by atoms with E-state index < -0.39 is 361 Å². The number of hydrogen-bond donors (Lipinski definition) is 0. The number of thioether (sulfide) groups is 2. The van der Waals surface area contributed by atoms with Crippen molar-refractivity contribution in [1.29, 1.82) is 31.6 Å². The Balaban J connectivity index is 0.000000202. The van der Waals surface area contributed by atoms with Crippen LogP contribution >= 0.6 is 44.0 Å². The number of rotatable bonds is 6. The van der Waals surface area contributed by atoms with Crippen molar-refractivity contribution in [3.8, 4) is 58.7 Å². The second kappa shape index (κ2) is 27.8. The van der Waals surface area contributed by atoms with Crippen LogP contribution in [0.25, 0.3) is 86.3 Å². The fraction of sp³-hybridized carbons (Fsp3) is 0.118. The fourth-order valence-corrected chi connectivity index (χ4v) is 17.1. The summed E-state index contributed by atoms with van der Waals surface area (Å²) in [5.41, 5.74) is -35.4. The Hall–Kier alpha value is -13.2. The van der Waals surface area contributed by atoms with Crippen LogP contribution in [0.2, 0.25) is 0 Å². The molecule has 5 aromatic carbocycles. The van der Waals surface area contributed by atoms with Gasteiger partial charge in [0, 0.05) is 107 Å². The molecule has 0 spiro atoms. The van der Waals surface area contributed by atoms with Gasteiger partial charge in [-0.25, -0.2) is 70.2 Å². The van der Waals surface area contributed by atoms with Gasteiger partial charge in [0.05, 0.1) is 27.8 Å². The summed E-state index contributed by atoms with van der Waals surface area (Å²) in [4.78, 5) is 6.92. The maximum absolute atomic E-state index is 16.2. The average molecular weight is 1730 g/mol. The zero-order valence-electron chi connectivity index (χ0n) is 54.3. The molecule has 116 heavy (non-hydrogen) atoms. The van der Waals surface area contributed by atoms with Gasteiger partial charge in [0.2, 0.25) is 11.6 Å². The lowest BCUT2D eigenvalue weighted by Gasteiger charge is -2.45. The molecular formula is C68H12F32N12S4. The van der Waals surface area contributed by atoms with E-state index in [-0.39, 0.29) is 0 Å². The fourth-order valence-electron chi connectivity index (χ4n) is 12.9. The molecule has 0 radical (unpaired) electrons. The smallest absolute Gasteiger partial charge is 0.207 e. The molecule has 0 bridgehead atoms. The number of benzene rings is 5. The molecule has 0 amide bonds. The van der Waals surface area contributed by atoms with E-state index >= 15 is 43.9 Å². The second-order valence-electron chi connectivity index (χ2n) is 23.4. The number of fused-ring (bicyclic) bond motifs is 6. The SMILES string of the molecule is [C-]#[N+]C([N+]#[C-])=C1Cc2c(-c3c(F)c(F)c(F)c(F)c3F)c3c(c(-c4c(F)c(F)c(F)c(F)c4F)c2=C1F)CC(=C(C#N)C#N)C=3F.[C-]#[N+]C([N+]#[C-])=C1Cc2c(S(F)(F)(F)(F)F)c3c(c(S(F)(F)(F)(F)F)c2=C1F)CC(=C(C#N)C#N)C=3F.[C-]#[N+]C([N+]#[C-])=C1Cc2c(SC(F)(F)F)c3c(c(SC(F)(F)F)c2=C1F)CC(=C(C#N)C#N)C=3F. The topological polar surface area (TPSA) is 169 Å². The lowest BCUT2D eigenvalue weighted by molar-refractivity contribution is -0.0339. The van der Waals surface area contributed by atoms with Crippen molar-refractivity contribution in [1.82, 2.24) is 0 Å². The Morgan fingerprint density at radius 1 is 0.276 bits per heavy atom. The standard InChI is InChI=1S/C30H4F12N4.C20H4F8N4S2.C18H4F12N4S2/c1-45-30(46-2)11-4-10-13(17-22(35)26(39)29(42)27(40)23(17)36)14-9(3-8(18(14)31)7(5-43)6-44)12(15(10)19(11)32)16-20(33)24(37)28(41)25(38)21(16)34;1-31-18(32-2)11-4-10-13(15(11)22)16(33-19(23,24)25)9-3-8(7(5-29)6-30)14(21)12(9)17(10)34-20(26,27)28;1-33-18(34-2)11-4-10-13(15(11)20)16(35(21,22,23,24)25)9-3-8(7(5-31)6-32)14(19)12(9)17(10)36(26,27,28,29)30/h3-4H2;3-4H2;3-4H2. The third-order valence-corrected chi connectivity index (χ3v) is 21.3. The van der Waals surface area contributed by atoms with Crippen molar-refractivity contribution in [2.45, 2.75) is 69.1 Å². The molecule has 48 heteroatoms. The summed E-state index contributed by atoms with van der Waals surface area (Å²) < 4.78 is 461. The molecule has 0 fully saturated rings. The van der Waals surface area contributed by atoms with Crippen LogP contribution in [-0.4, -0.2) is 11.0 Å². The van der Waals surface area contributed by atoms with Crippen molar-refractivity contribution in [3.05, 3.63) is 259 Å². The van der Waals surface area contributed by atoms with Crippen LogP contribution in [-0.2, 0) is 38.5 Å². The molecular weight excluding hydrogens is 1720 g/mol. The van der Waals surface area contributed by atoms with E-state index in [9.17, 15) is 102 Å². The van der Waals surface area contributed by atoms with E-state index in [1.54, 1.807) is 0 Å². The highest BCUT2D eigenvalue weighted by atomic mass is 32.5. The lowest BCUT2D eigenvalue weighted by Crippen LogP contribution is -2.34. The number of hydrogen-bond acceptors (Lipinski definition) is 8. The molecule has 0 saturated heterocycles. The van der Waals surface area contributed by atoms with Gasteiger partial charge in [-0.1, -0.05) is 38.9 Å². The highest BCUT2D eigenvalue weighted by molar-refractivity contribution is 8.46. The number of nitriles is 6. The van der Waals surface area contributed by atoms with Crippen LogP contribution in [0.15, 0.2) is 87.2 Å². The van der Waals surface area contributed by atoms with E-state index in [4.69, 9.17) is 60.5 Å². The summed E-state index contributed by atoms with van der Waals surface area (Å²) in [5, 5.41) is 44.5. The summed E-state index contributed by atoms with van der Waals surface area (Å²) in [6, 6.07) is 6.99. The lowest BCUT2D eigenvalue weighted by atomic mass is 9.86. The van der Waals surface area contributed by atoms with Crippen LogP contribution in [0.5, 0.6) is 0 Å². The third kappa shape index (κ3) is 14.3. The minimum absolute atomic E-state index is 0.669. The quantitative estimate of drug-likeness (QED) is 0.0404. The molecule has 0 aromatic heterocycles. The monoisotopic (exact) mass is 1730 g/mol. The normalized spacial score (nSPS) is 15.4. The predicted octanol–water partition coefficient (Wildman–Crippen LogP) is 20.3. The molecule has 5 aromatic rings. The number of nitrogens with zero attached hydrogens (tertiary/aromatic N) is 12. The second-order valence-corrected chi connectivity index (χ2v) is 30.2. The van der Waals surface area contributed by atoms with Gasteiger partial charge in [-0.15, -0.1) is 0 Å². The molecule has 0 aliphatic heterocycles. The number of halogens is 32. The van der Waals surface area contributed by atoms with Crippen molar-refractivity contribution in [2.75, 3.05) is 0 Å². The highest BCUT2D eigenvalue weighted by Gasteiger charge is 2.73. The van der Waals surface area contributed by atoms with Crippen LogP contribution in [0, 0.1) is 166 Å². The highest BCUT2D eigenvalue weighted by Crippen LogP contribution is 3.04. The first-order chi connectivity index (χ1) is 53.3. The van der Waals surface area contributed by atoms with Crippen molar-refractivity contribution >= 4 is 78.9 Å². The maximum Gasteiger partial charge on any atom is 0.525 e. The minimum Gasteiger partial charge on any atom is -0.207 e. The average Bonchev–Trinajstić information content (AvgIpc) is 1.37. The molecule has 592 valence electrons. The van der Waals surface area contributed by atoms with Gasteiger partial charge in [-0.2, -0.15) is 87.0 Å². The van der Waals surface area contributed by atoms with Crippen molar-refractivity contribution < 1.29 is 135 Å². The number of allylic oxidation sites excluding steroid dienone is 9. The van der Waals surface area contributed by atoms with E-state index in [0.29, 0.717) is 0 Å². The Morgan fingerprint density at radius 2 is 0.474 bits per heavy atom. The molecule has 0 N–H and O–H groups in total. The summed E-state index contributed by atoms with van der Waals surface area (Å²) in [7, 11) is -22.7. The van der Waals surface area contributed by atoms with Crippen LogP contribution in [0.1, 0.15) is 33.4 Å². The Labute approximate surface area is 630 Å². The molecule has 11 rings (SSSR count). The predicted molar refractivity (Wildman–Crippen MR) is 339 cm³/mol. The zero-order valence-corrected chi connectivity index (χ0v) is 57.6. The van der Waals surface area contributed by atoms with Crippen molar-refractivity contribution in [3.63, 3.8) is 0 Å². The van der Waals surface area contributed by atoms with Gasteiger partial charge in [0.1, 0.15) is 137 Å². The molecule has 0 saturated carbocycles. The summed E-state index contributed by atoms with van der Waals surface area (Å²) in [6.07, 6.45) is -8.22. The van der Waals surface area contributed by atoms with Crippen LogP contribution < -0.4 is 31.3 Å². The van der Waals surface area contributed by atoms with Gasteiger partial charge < -0.3 is 0 Å². The summed E-state index contributed by atoms with van der Waals surface area (Å²) in [6.45, 7) is 41.7. The Bertz CT molecular complexity index is 6280. The molecule has 6 aliphatic carbocycles. The number of alkyl halides is 6. The van der Waals surface area contributed by atoms with Gasteiger partial charge in [0.25, 0.3) is 0 Å². The van der Waals surface area contributed by atoms with Crippen molar-refractivity contribution in [2.24, 2.45) is 0 Å². The molecule has 12 nitrogen and oxygen atoms in total. The van der Waals surface area contributed by atoms with Crippen LogP contribution in [0.4, 0.5) is 135 Å². The van der Waals surface area contributed by atoms with Crippen LogP contribution in [0.3, 0.4) is 0 Å². The van der Waals surface area contributed by atoms with Gasteiger partial charge in [0.15, 0.2) is 46.5 Å². The molecule has 6 aliphatic rings. The Kier molecular flexibility index (Phi) is 20.8. The van der Waals surface area contributed by atoms with Gasteiger partial charge in [-0.05, 0) is 56.9 Å². The van der Waals surface area contributed by atoms with E-state index in [1.165, 1.54) is 24.3 Å². The van der Waals surface area contributed by atoms with Gasteiger partial charge >= 0.3 is 48.9 Å². The summed E-state index contributed by atoms with van der Waals surface area (Å²) >= 11 is -1.79. The van der Waals surface area contributed by atoms with E-state index in [2.05, 4.69) is 29.1 Å².